The number of benzene rings is 2. The molecule has 1 aromatic heterocycles. The third kappa shape index (κ3) is 3.55. The molecule has 1 unspecified atom stereocenters. The zero-order valence-corrected chi connectivity index (χ0v) is 17.3. The van der Waals surface area contributed by atoms with Gasteiger partial charge in [-0.05, 0) is 31.2 Å². The number of ether oxygens (including phenoxy) is 1. The van der Waals surface area contributed by atoms with E-state index in [1.807, 2.05) is 17.6 Å². The Hall–Kier alpha value is -3.24. The van der Waals surface area contributed by atoms with Crippen LogP contribution in [0.2, 0.25) is 0 Å². The normalized spacial score (nSPS) is 13.7. The molecule has 0 saturated heterocycles. The predicted molar refractivity (Wildman–Crippen MR) is 111 cm³/mol. The molecule has 1 aliphatic heterocycles. The van der Waals surface area contributed by atoms with Crippen molar-refractivity contribution in [1.29, 1.82) is 0 Å². The van der Waals surface area contributed by atoms with E-state index in [4.69, 9.17) is 4.74 Å². The molecule has 0 saturated carbocycles. The van der Waals surface area contributed by atoms with E-state index in [0.29, 0.717) is 45.7 Å². The number of aromatic nitrogens is 3. The molecule has 10 heteroatoms. The summed E-state index contributed by atoms with van der Waals surface area (Å²) in [5, 5.41) is 20.1. The van der Waals surface area contributed by atoms with E-state index in [2.05, 4.69) is 15.2 Å². The van der Waals surface area contributed by atoms with Crippen molar-refractivity contribution in [2.24, 2.45) is 4.99 Å². The van der Waals surface area contributed by atoms with Gasteiger partial charge in [0.1, 0.15) is 13.2 Å². The van der Waals surface area contributed by atoms with Gasteiger partial charge in [-0.3, -0.25) is 23.9 Å². The van der Waals surface area contributed by atoms with Crippen molar-refractivity contribution in [1.82, 2.24) is 14.8 Å². The summed E-state index contributed by atoms with van der Waals surface area (Å²) >= 11 is 0. The van der Waals surface area contributed by atoms with Crippen molar-refractivity contribution < 1.29 is 13.9 Å². The SMILES string of the molecule is CCOCc1nnc2n1-c1ccc(S(C)=O)cc1C(c1ccccc1[N+](=O)[O-])=NC2. The number of fused-ring (bicyclic) bond motifs is 3. The molecular weight excluding hydrogens is 406 g/mol. The number of para-hydroxylation sites is 1. The Morgan fingerprint density at radius 3 is 2.73 bits per heavy atom. The zero-order chi connectivity index (χ0) is 21.3. The van der Waals surface area contributed by atoms with Crippen molar-refractivity contribution >= 4 is 22.2 Å². The largest absolute Gasteiger partial charge is 0.374 e. The molecule has 0 radical (unpaired) electrons. The van der Waals surface area contributed by atoms with Crippen LogP contribution in [0.3, 0.4) is 0 Å². The van der Waals surface area contributed by atoms with Crippen LogP contribution in [-0.4, -0.2) is 42.5 Å². The third-order valence-corrected chi connectivity index (χ3v) is 5.68. The maximum atomic E-state index is 12.2. The summed E-state index contributed by atoms with van der Waals surface area (Å²) in [6.45, 7) is 2.89. The van der Waals surface area contributed by atoms with Gasteiger partial charge in [-0.1, -0.05) is 12.1 Å². The quantitative estimate of drug-likeness (QED) is 0.443. The van der Waals surface area contributed by atoms with Crippen LogP contribution in [0.5, 0.6) is 0 Å². The number of rotatable bonds is 6. The first kappa shape index (κ1) is 20.0. The highest BCUT2D eigenvalue weighted by Gasteiger charge is 2.27. The van der Waals surface area contributed by atoms with Gasteiger partial charge in [0.2, 0.25) is 0 Å². The van der Waals surface area contributed by atoms with Gasteiger partial charge in [-0.2, -0.15) is 0 Å². The maximum Gasteiger partial charge on any atom is 0.278 e. The molecule has 0 fully saturated rings. The Kier molecular flexibility index (Phi) is 5.51. The third-order valence-electron chi connectivity index (χ3n) is 4.76. The predicted octanol–water partition coefficient (Wildman–Crippen LogP) is 2.80. The lowest BCUT2D eigenvalue weighted by molar-refractivity contribution is -0.385. The number of hydrogen-bond acceptors (Lipinski definition) is 7. The summed E-state index contributed by atoms with van der Waals surface area (Å²) in [4.78, 5) is 16.5. The minimum absolute atomic E-state index is 0.0440. The van der Waals surface area contributed by atoms with Crippen molar-refractivity contribution in [3.8, 4) is 5.69 Å². The van der Waals surface area contributed by atoms with Crippen LogP contribution < -0.4 is 0 Å². The van der Waals surface area contributed by atoms with Crippen LogP contribution >= 0.6 is 0 Å². The standard InChI is InChI=1S/C20H19N5O4S/c1-3-29-12-19-23-22-18-11-21-20(14-6-4-5-7-17(14)25(26)27)15-10-13(30(2)28)8-9-16(15)24(18)19/h4-10H,3,11-12H2,1-2H3. The molecule has 2 aromatic carbocycles. The first-order chi connectivity index (χ1) is 14.5. The fourth-order valence-corrected chi connectivity index (χ4v) is 3.94. The molecule has 30 heavy (non-hydrogen) atoms. The lowest BCUT2D eigenvalue weighted by Crippen LogP contribution is -2.12. The van der Waals surface area contributed by atoms with Gasteiger partial charge in [0, 0.05) is 40.2 Å². The number of nitro groups is 1. The van der Waals surface area contributed by atoms with E-state index < -0.39 is 15.7 Å². The Bertz CT molecular complexity index is 1190. The molecule has 0 spiro atoms. The Balaban J connectivity index is 1.97. The molecule has 1 atom stereocenters. The minimum atomic E-state index is -1.23. The number of hydrogen-bond donors (Lipinski definition) is 0. The van der Waals surface area contributed by atoms with E-state index in [9.17, 15) is 14.3 Å². The second kappa shape index (κ2) is 8.25. The Labute approximate surface area is 175 Å². The second-order valence-corrected chi connectivity index (χ2v) is 7.96. The smallest absolute Gasteiger partial charge is 0.278 e. The van der Waals surface area contributed by atoms with Crippen LogP contribution in [0.25, 0.3) is 5.69 Å². The highest BCUT2D eigenvalue weighted by atomic mass is 32.2. The van der Waals surface area contributed by atoms with Crippen molar-refractivity contribution in [2.75, 3.05) is 12.9 Å². The minimum Gasteiger partial charge on any atom is -0.374 e. The molecule has 3 aromatic rings. The van der Waals surface area contributed by atoms with Gasteiger partial charge in [-0.15, -0.1) is 10.2 Å². The molecule has 2 heterocycles. The molecule has 0 N–H and O–H groups in total. The maximum absolute atomic E-state index is 12.2. The molecule has 4 rings (SSSR count). The molecule has 0 aliphatic carbocycles. The van der Waals surface area contributed by atoms with Crippen LogP contribution in [0.15, 0.2) is 52.4 Å². The van der Waals surface area contributed by atoms with Gasteiger partial charge in [0.25, 0.3) is 5.69 Å². The highest BCUT2D eigenvalue weighted by Crippen LogP contribution is 2.30. The fourth-order valence-electron chi connectivity index (χ4n) is 3.40. The first-order valence-corrected chi connectivity index (χ1v) is 10.8. The molecular formula is C20H19N5O4S. The lowest BCUT2D eigenvalue weighted by Gasteiger charge is -2.14. The molecule has 1 aliphatic rings. The average Bonchev–Trinajstić information content (AvgIpc) is 3.07. The van der Waals surface area contributed by atoms with Gasteiger partial charge in [0.05, 0.1) is 21.9 Å². The van der Waals surface area contributed by atoms with Crippen LogP contribution in [0, 0.1) is 10.1 Å². The van der Waals surface area contributed by atoms with Gasteiger partial charge in [0.15, 0.2) is 11.6 Å². The van der Waals surface area contributed by atoms with E-state index in [0.717, 1.165) is 0 Å². The van der Waals surface area contributed by atoms with Gasteiger partial charge < -0.3 is 4.74 Å². The first-order valence-electron chi connectivity index (χ1n) is 9.28. The summed E-state index contributed by atoms with van der Waals surface area (Å²) < 4.78 is 19.5. The fraction of sp³-hybridized carbons (Fsp3) is 0.250. The monoisotopic (exact) mass is 425 g/mol. The molecule has 9 nitrogen and oxygen atoms in total. The summed E-state index contributed by atoms with van der Waals surface area (Å²) in [5.41, 5.74) is 2.16. The second-order valence-electron chi connectivity index (χ2n) is 6.58. The zero-order valence-electron chi connectivity index (χ0n) is 16.4. The van der Waals surface area contributed by atoms with Crippen LogP contribution in [0.1, 0.15) is 29.7 Å². The average molecular weight is 425 g/mol. The van der Waals surface area contributed by atoms with E-state index >= 15 is 0 Å². The summed E-state index contributed by atoms with van der Waals surface area (Å²) in [5.74, 6) is 1.21. The van der Waals surface area contributed by atoms with E-state index in [1.54, 1.807) is 36.6 Å². The van der Waals surface area contributed by atoms with Crippen LogP contribution in [-0.2, 0) is 28.7 Å². The number of aliphatic imine (C=N–C) groups is 1. The van der Waals surface area contributed by atoms with Crippen LogP contribution in [0.4, 0.5) is 5.69 Å². The summed E-state index contributed by atoms with van der Waals surface area (Å²) in [7, 11) is -1.23. The molecule has 0 amide bonds. The lowest BCUT2D eigenvalue weighted by atomic mass is 9.99. The van der Waals surface area contributed by atoms with Gasteiger partial charge in [-0.25, -0.2) is 0 Å². The van der Waals surface area contributed by atoms with E-state index in [1.165, 1.54) is 6.07 Å². The topological polar surface area (TPSA) is 113 Å². The van der Waals surface area contributed by atoms with Gasteiger partial charge >= 0.3 is 0 Å². The number of nitro benzene ring substituents is 1. The number of nitrogens with zero attached hydrogens (tertiary/aromatic N) is 5. The highest BCUT2D eigenvalue weighted by molar-refractivity contribution is 7.84. The Morgan fingerprint density at radius 1 is 1.20 bits per heavy atom. The summed E-state index contributed by atoms with van der Waals surface area (Å²) in [6, 6.07) is 11.8. The molecule has 0 bridgehead atoms. The van der Waals surface area contributed by atoms with Crippen molar-refractivity contribution in [3.63, 3.8) is 0 Å². The molecule has 154 valence electrons. The van der Waals surface area contributed by atoms with Crippen molar-refractivity contribution in [3.05, 3.63) is 75.4 Å². The van der Waals surface area contributed by atoms with E-state index in [-0.39, 0.29) is 18.8 Å². The summed E-state index contributed by atoms with van der Waals surface area (Å²) in [6.07, 6.45) is 1.59. The van der Waals surface area contributed by atoms with Crippen molar-refractivity contribution in [2.45, 2.75) is 25.0 Å². The Morgan fingerprint density at radius 2 is 2.00 bits per heavy atom.